The maximum atomic E-state index is 6.24. The highest BCUT2D eigenvalue weighted by atomic mass is 35.5. The minimum absolute atomic E-state index is 0.258. The minimum atomic E-state index is 0.258. The molecule has 1 fully saturated rings. The van der Waals surface area contributed by atoms with Gasteiger partial charge in [0, 0.05) is 32.7 Å². The minimum Gasteiger partial charge on any atom is -0.322 e. The lowest BCUT2D eigenvalue weighted by atomic mass is 10.2. The van der Waals surface area contributed by atoms with E-state index in [-0.39, 0.29) is 6.04 Å². The van der Waals surface area contributed by atoms with Gasteiger partial charge in [0.2, 0.25) is 0 Å². The Hall–Kier alpha value is -1.59. The molecule has 4 nitrogen and oxygen atoms in total. The van der Waals surface area contributed by atoms with Gasteiger partial charge in [-0.15, -0.1) is 0 Å². The number of halogens is 2. The lowest BCUT2D eigenvalue weighted by Crippen LogP contribution is -2.45. The summed E-state index contributed by atoms with van der Waals surface area (Å²) in [7, 11) is 2.18. The first-order chi connectivity index (χ1) is 13.0. The van der Waals surface area contributed by atoms with Crippen LogP contribution < -0.4 is 0 Å². The topological polar surface area (TPSA) is 24.3 Å². The molecule has 0 saturated carbocycles. The molecule has 142 valence electrons. The molecule has 0 bridgehead atoms. The van der Waals surface area contributed by atoms with Gasteiger partial charge in [-0.2, -0.15) is 0 Å². The van der Waals surface area contributed by atoms with E-state index < -0.39 is 0 Å². The van der Waals surface area contributed by atoms with Crippen LogP contribution in [0.5, 0.6) is 0 Å². The van der Waals surface area contributed by atoms with Crippen molar-refractivity contribution < 1.29 is 0 Å². The summed E-state index contributed by atoms with van der Waals surface area (Å²) in [4.78, 5) is 9.89. The second-order valence-corrected chi connectivity index (χ2v) is 8.12. The smallest absolute Gasteiger partial charge is 0.127 e. The zero-order valence-corrected chi connectivity index (χ0v) is 17.2. The van der Waals surface area contributed by atoms with Crippen LogP contribution in [0.4, 0.5) is 0 Å². The lowest BCUT2D eigenvalue weighted by molar-refractivity contribution is 0.114. The van der Waals surface area contributed by atoms with E-state index in [9.17, 15) is 0 Å². The summed E-state index contributed by atoms with van der Waals surface area (Å²) in [5.74, 6) is 1.10. The molecule has 1 aromatic heterocycles. The van der Waals surface area contributed by atoms with Crippen molar-refractivity contribution in [3.8, 4) is 0 Å². The molecule has 3 aromatic rings. The quantitative estimate of drug-likeness (QED) is 0.631. The Balaban J connectivity index is 1.71. The average Bonchev–Trinajstić information content (AvgIpc) is 3.03. The van der Waals surface area contributed by atoms with Crippen LogP contribution in [0.1, 0.15) is 24.4 Å². The molecule has 1 atom stereocenters. The van der Waals surface area contributed by atoms with Crippen molar-refractivity contribution in [3.63, 3.8) is 0 Å². The Labute approximate surface area is 170 Å². The van der Waals surface area contributed by atoms with Crippen LogP contribution in [0.2, 0.25) is 10.0 Å². The Morgan fingerprint density at radius 1 is 1.00 bits per heavy atom. The highest BCUT2D eigenvalue weighted by Crippen LogP contribution is 2.28. The van der Waals surface area contributed by atoms with Gasteiger partial charge >= 0.3 is 0 Å². The summed E-state index contributed by atoms with van der Waals surface area (Å²) in [6.45, 7) is 7.30. The van der Waals surface area contributed by atoms with Crippen LogP contribution in [0, 0.1) is 0 Å². The number of piperazine rings is 1. The zero-order chi connectivity index (χ0) is 19.0. The summed E-state index contributed by atoms with van der Waals surface area (Å²) in [5.41, 5.74) is 3.31. The number of aromatic nitrogens is 2. The predicted molar refractivity (Wildman–Crippen MR) is 113 cm³/mol. The van der Waals surface area contributed by atoms with E-state index in [2.05, 4.69) is 46.5 Å². The van der Waals surface area contributed by atoms with Gasteiger partial charge in [-0.1, -0.05) is 41.4 Å². The summed E-state index contributed by atoms with van der Waals surface area (Å²) >= 11 is 12.3. The number of imidazole rings is 1. The largest absolute Gasteiger partial charge is 0.322 e. The zero-order valence-electron chi connectivity index (χ0n) is 15.7. The second kappa shape index (κ2) is 7.80. The van der Waals surface area contributed by atoms with Gasteiger partial charge in [0.25, 0.3) is 0 Å². The Kier molecular flexibility index (Phi) is 5.42. The molecule has 1 aliphatic heterocycles. The first-order valence-corrected chi connectivity index (χ1v) is 10.1. The highest BCUT2D eigenvalue weighted by molar-refractivity contribution is 6.42. The fraction of sp³-hybridized carbons (Fsp3) is 0.381. The Morgan fingerprint density at radius 3 is 2.48 bits per heavy atom. The third kappa shape index (κ3) is 3.85. The van der Waals surface area contributed by atoms with Crippen molar-refractivity contribution in [1.29, 1.82) is 0 Å². The normalized spacial score (nSPS) is 17.5. The van der Waals surface area contributed by atoms with E-state index in [1.165, 1.54) is 0 Å². The van der Waals surface area contributed by atoms with Gasteiger partial charge in [-0.05, 0) is 43.8 Å². The summed E-state index contributed by atoms with van der Waals surface area (Å²) in [5, 5.41) is 1.18. The second-order valence-electron chi connectivity index (χ2n) is 7.31. The maximum absolute atomic E-state index is 6.24. The van der Waals surface area contributed by atoms with Crippen molar-refractivity contribution in [1.82, 2.24) is 19.4 Å². The standard InChI is InChI=1S/C21H24Cl2N4/c1-15(26-11-9-25(2)10-12-26)21-24-19-5-3-4-6-20(19)27(21)14-16-7-8-17(22)18(23)13-16/h3-8,13,15H,9-12,14H2,1-2H3. The van der Waals surface area contributed by atoms with Crippen molar-refractivity contribution in [2.75, 3.05) is 33.2 Å². The maximum Gasteiger partial charge on any atom is 0.127 e. The molecule has 2 heterocycles. The van der Waals surface area contributed by atoms with Crippen LogP contribution in [0.3, 0.4) is 0 Å². The predicted octanol–water partition coefficient (Wildman–Crippen LogP) is 4.70. The first-order valence-electron chi connectivity index (χ1n) is 9.34. The van der Waals surface area contributed by atoms with Crippen molar-refractivity contribution in [2.24, 2.45) is 0 Å². The van der Waals surface area contributed by atoms with Crippen LogP contribution in [0.15, 0.2) is 42.5 Å². The van der Waals surface area contributed by atoms with E-state index in [1.54, 1.807) is 0 Å². The molecule has 0 aliphatic carbocycles. The molecule has 0 amide bonds. The van der Waals surface area contributed by atoms with Gasteiger partial charge in [-0.3, -0.25) is 4.90 Å². The molecule has 0 spiro atoms. The van der Waals surface area contributed by atoms with Crippen LogP contribution >= 0.6 is 23.2 Å². The van der Waals surface area contributed by atoms with Crippen LogP contribution in [-0.4, -0.2) is 52.6 Å². The van der Waals surface area contributed by atoms with Crippen LogP contribution in [0.25, 0.3) is 11.0 Å². The van der Waals surface area contributed by atoms with E-state index in [0.717, 1.165) is 55.1 Å². The van der Waals surface area contributed by atoms with E-state index >= 15 is 0 Å². The molecule has 27 heavy (non-hydrogen) atoms. The Morgan fingerprint density at radius 2 is 1.74 bits per heavy atom. The fourth-order valence-electron chi connectivity index (χ4n) is 3.77. The monoisotopic (exact) mass is 402 g/mol. The average molecular weight is 403 g/mol. The molecule has 1 saturated heterocycles. The lowest BCUT2D eigenvalue weighted by Gasteiger charge is -2.36. The third-order valence-electron chi connectivity index (χ3n) is 5.47. The van der Waals surface area contributed by atoms with Crippen molar-refractivity contribution >= 4 is 34.2 Å². The molecular weight excluding hydrogens is 379 g/mol. The molecular formula is C21H24Cl2N4. The summed E-state index contributed by atoms with van der Waals surface area (Å²) in [6, 6.07) is 14.4. The SMILES string of the molecule is CC(c1nc2ccccc2n1Cc1ccc(Cl)c(Cl)c1)N1CCN(C)CC1. The molecule has 4 rings (SSSR count). The van der Waals surface area contributed by atoms with Crippen molar-refractivity contribution in [3.05, 3.63) is 63.9 Å². The number of hydrogen-bond acceptors (Lipinski definition) is 3. The number of likely N-dealkylation sites (N-methyl/N-ethyl adjacent to an activating group) is 1. The van der Waals surface area contributed by atoms with E-state index in [0.29, 0.717) is 10.0 Å². The van der Waals surface area contributed by atoms with Gasteiger partial charge < -0.3 is 9.47 Å². The molecule has 0 N–H and O–H groups in total. The number of hydrogen-bond donors (Lipinski definition) is 0. The van der Waals surface area contributed by atoms with Gasteiger partial charge in [0.05, 0.1) is 27.1 Å². The molecule has 2 aromatic carbocycles. The Bertz CT molecular complexity index is 945. The highest BCUT2D eigenvalue weighted by Gasteiger charge is 2.25. The molecule has 1 unspecified atom stereocenters. The van der Waals surface area contributed by atoms with Crippen molar-refractivity contribution in [2.45, 2.75) is 19.5 Å². The summed E-state index contributed by atoms with van der Waals surface area (Å²) in [6.07, 6.45) is 0. The fourth-order valence-corrected chi connectivity index (χ4v) is 4.09. The summed E-state index contributed by atoms with van der Waals surface area (Å²) < 4.78 is 2.32. The van der Waals surface area contributed by atoms with Gasteiger partial charge in [0.1, 0.15) is 5.82 Å². The number of rotatable bonds is 4. The van der Waals surface area contributed by atoms with E-state index in [1.807, 2.05) is 24.3 Å². The first kappa shape index (κ1) is 18.8. The molecule has 6 heteroatoms. The number of fused-ring (bicyclic) bond motifs is 1. The van der Waals surface area contributed by atoms with Crippen LogP contribution in [-0.2, 0) is 6.54 Å². The number of benzene rings is 2. The van der Waals surface area contributed by atoms with Gasteiger partial charge in [0.15, 0.2) is 0 Å². The molecule has 0 radical (unpaired) electrons. The molecule has 1 aliphatic rings. The number of para-hydroxylation sites is 2. The number of nitrogens with zero attached hydrogens (tertiary/aromatic N) is 4. The van der Waals surface area contributed by atoms with E-state index in [4.69, 9.17) is 28.2 Å². The van der Waals surface area contributed by atoms with Gasteiger partial charge in [-0.25, -0.2) is 4.98 Å². The third-order valence-corrected chi connectivity index (χ3v) is 6.21.